The van der Waals surface area contributed by atoms with E-state index in [9.17, 15) is 9.18 Å². The van der Waals surface area contributed by atoms with Crippen molar-refractivity contribution < 1.29 is 9.13 Å². The zero-order chi connectivity index (χ0) is 19.8. The lowest BCUT2D eigenvalue weighted by Gasteiger charge is -2.13. The molecule has 140 valence electrons. The van der Waals surface area contributed by atoms with Crippen LogP contribution in [0.4, 0.5) is 4.39 Å². The van der Waals surface area contributed by atoms with Gasteiger partial charge in [0, 0.05) is 22.9 Å². The van der Waals surface area contributed by atoms with E-state index in [2.05, 4.69) is 15.0 Å². The van der Waals surface area contributed by atoms with Gasteiger partial charge in [-0.25, -0.2) is 14.4 Å². The van der Waals surface area contributed by atoms with Crippen LogP contribution in [0.2, 0.25) is 5.15 Å². The van der Waals surface area contributed by atoms with Crippen LogP contribution in [0, 0.1) is 12.7 Å². The summed E-state index contributed by atoms with van der Waals surface area (Å²) in [7, 11) is 1.47. The van der Waals surface area contributed by atoms with Crippen molar-refractivity contribution in [2.24, 2.45) is 0 Å². The molecule has 0 amide bonds. The van der Waals surface area contributed by atoms with Crippen LogP contribution in [0.3, 0.4) is 0 Å². The fourth-order valence-corrected chi connectivity index (χ4v) is 3.34. The summed E-state index contributed by atoms with van der Waals surface area (Å²) in [6.45, 7) is 1.83. The molecule has 3 heterocycles. The van der Waals surface area contributed by atoms with Gasteiger partial charge in [0.25, 0.3) is 0 Å². The second-order valence-corrected chi connectivity index (χ2v) is 6.70. The normalized spacial score (nSPS) is 11.0. The Balaban J connectivity index is 2.08. The van der Waals surface area contributed by atoms with Gasteiger partial charge in [-0.15, -0.1) is 0 Å². The molecule has 0 spiro atoms. The largest absolute Gasteiger partial charge is 0.482 e. The molecular weight excluding hydrogens is 381 g/mol. The molecule has 0 radical (unpaired) electrons. The van der Waals surface area contributed by atoms with Crippen molar-refractivity contribution in [3.05, 3.63) is 75.4 Å². The van der Waals surface area contributed by atoms with E-state index in [1.807, 2.05) is 13.0 Å². The van der Waals surface area contributed by atoms with E-state index in [0.29, 0.717) is 38.9 Å². The van der Waals surface area contributed by atoms with Gasteiger partial charge in [-0.1, -0.05) is 11.6 Å². The molecule has 0 aliphatic carbocycles. The number of aromatic amines is 1. The molecule has 3 aromatic heterocycles. The number of nitrogens with zero attached hydrogens (tertiary/aromatic N) is 2. The van der Waals surface area contributed by atoms with E-state index < -0.39 is 0 Å². The van der Waals surface area contributed by atoms with Crippen LogP contribution in [-0.2, 0) is 0 Å². The van der Waals surface area contributed by atoms with Crippen LogP contribution in [0.1, 0.15) is 5.69 Å². The molecule has 0 fully saturated rings. The van der Waals surface area contributed by atoms with Gasteiger partial charge < -0.3 is 9.72 Å². The van der Waals surface area contributed by atoms with Gasteiger partial charge in [-0.3, -0.25) is 4.79 Å². The minimum atomic E-state index is -0.344. The van der Waals surface area contributed by atoms with E-state index in [0.717, 1.165) is 11.3 Å². The Morgan fingerprint density at radius 2 is 1.79 bits per heavy atom. The summed E-state index contributed by atoms with van der Waals surface area (Å²) in [5.41, 5.74) is 3.64. The van der Waals surface area contributed by atoms with Gasteiger partial charge in [0.15, 0.2) is 11.3 Å². The molecule has 0 atom stereocenters. The summed E-state index contributed by atoms with van der Waals surface area (Å²) >= 11 is 6.14. The molecule has 0 unspecified atom stereocenters. The van der Waals surface area contributed by atoms with Crippen LogP contribution >= 0.6 is 11.6 Å². The third-order valence-corrected chi connectivity index (χ3v) is 4.56. The van der Waals surface area contributed by atoms with E-state index in [4.69, 9.17) is 16.3 Å². The molecule has 5 nitrogen and oxygen atoms in total. The highest BCUT2D eigenvalue weighted by Crippen LogP contribution is 2.34. The van der Waals surface area contributed by atoms with Crippen molar-refractivity contribution in [3.8, 4) is 28.3 Å². The molecular formula is C21H15ClFN3O2. The molecule has 28 heavy (non-hydrogen) atoms. The number of ether oxygens (including phenoxy) is 1. The standard InChI is InChI=1S/C21H15ClFN3O2/c1-11-7-13(8-18(22)24-11)15-9-16-17(27)10-19(28-2)25-21(16)26-20(15)12-3-5-14(23)6-4-12/h3-10H,1-2H3,(H,25,26,27). The van der Waals surface area contributed by atoms with Crippen molar-refractivity contribution in [1.29, 1.82) is 0 Å². The Morgan fingerprint density at radius 1 is 1.04 bits per heavy atom. The number of rotatable bonds is 3. The van der Waals surface area contributed by atoms with Crippen LogP contribution < -0.4 is 10.2 Å². The van der Waals surface area contributed by atoms with E-state index in [1.165, 1.54) is 25.3 Å². The Kier molecular flexibility index (Phi) is 4.57. The highest BCUT2D eigenvalue weighted by Gasteiger charge is 2.15. The van der Waals surface area contributed by atoms with Crippen LogP contribution in [0.25, 0.3) is 33.4 Å². The first-order chi connectivity index (χ1) is 13.4. The second-order valence-electron chi connectivity index (χ2n) is 6.31. The monoisotopic (exact) mass is 395 g/mol. The number of hydrogen-bond acceptors (Lipinski definition) is 4. The molecule has 0 bridgehead atoms. The minimum absolute atomic E-state index is 0.220. The Bertz CT molecular complexity index is 1230. The summed E-state index contributed by atoms with van der Waals surface area (Å²) in [6, 6.07) is 12.7. The number of methoxy groups -OCH3 is 1. The zero-order valence-electron chi connectivity index (χ0n) is 15.1. The van der Waals surface area contributed by atoms with Gasteiger partial charge >= 0.3 is 0 Å². The highest BCUT2D eigenvalue weighted by molar-refractivity contribution is 6.29. The molecule has 7 heteroatoms. The van der Waals surface area contributed by atoms with Crippen LogP contribution in [-0.4, -0.2) is 22.1 Å². The van der Waals surface area contributed by atoms with Crippen molar-refractivity contribution in [2.45, 2.75) is 6.92 Å². The summed E-state index contributed by atoms with van der Waals surface area (Å²) in [4.78, 5) is 24.4. The topological polar surface area (TPSA) is 67.9 Å². The molecule has 4 rings (SSSR count). The summed E-state index contributed by atoms with van der Waals surface area (Å²) in [6.07, 6.45) is 0. The van der Waals surface area contributed by atoms with Crippen molar-refractivity contribution in [3.63, 3.8) is 0 Å². The summed E-state index contributed by atoms with van der Waals surface area (Å²) in [5.74, 6) is -0.0328. The number of nitrogens with one attached hydrogen (secondary N) is 1. The average Bonchev–Trinajstić information content (AvgIpc) is 2.67. The van der Waals surface area contributed by atoms with Gasteiger partial charge in [0.05, 0.1) is 18.2 Å². The number of aryl methyl sites for hydroxylation is 1. The smallest absolute Gasteiger partial charge is 0.196 e. The Morgan fingerprint density at radius 3 is 2.46 bits per heavy atom. The van der Waals surface area contributed by atoms with E-state index in [-0.39, 0.29) is 11.2 Å². The van der Waals surface area contributed by atoms with Crippen molar-refractivity contribution in [2.75, 3.05) is 7.11 Å². The van der Waals surface area contributed by atoms with Gasteiger partial charge in [0.2, 0.25) is 0 Å². The zero-order valence-corrected chi connectivity index (χ0v) is 15.8. The van der Waals surface area contributed by atoms with Crippen LogP contribution in [0.15, 0.2) is 53.3 Å². The highest BCUT2D eigenvalue weighted by atomic mass is 35.5. The molecule has 4 aromatic rings. The molecule has 0 aliphatic rings. The molecule has 0 aliphatic heterocycles. The predicted molar refractivity (Wildman–Crippen MR) is 107 cm³/mol. The second kappa shape index (κ2) is 7.05. The average molecular weight is 396 g/mol. The van der Waals surface area contributed by atoms with Gasteiger partial charge in [-0.2, -0.15) is 0 Å². The number of H-pyrrole nitrogens is 1. The Labute approximate surface area is 164 Å². The minimum Gasteiger partial charge on any atom is -0.482 e. The number of halogens is 2. The van der Waals surface area contributed by atoms with Crippen molar-refractivity contribution in [1.82, 2.24) is 15.0 Å². The quantitative estimate of drug-likeness (QED) is 0.508. The predicted octanol–water partition coefficient (Wildman–Crippen LogP) is 4.76. The lowest BCUT2D eigenvalue weighted by atomic mass is 9.98. The lowest BCUT2D eigenvalue weighted by molar-refractivity contribution is 0.399. The maximum Gasteiger partial charge on any atom is 0.196 e. The number of benzene rings is 1. The van der Waals surface area contributed by atoms with Gasteiger partial charge in [-0.05, 0) is 55.0 Å². The first-order valence-corrected chi connectivity index (χ1v) is 8.85. The molecule has 1 aromatic carbocycles. The summed E-state index contributed by atoms with van der Waals surface area (Å²) < 4.78 is 18.6. The number of hydrogen-bond donors (Lipinski definition) is 1. The Hall–Kier alpha value is -3.25. The maximum absolute atomic E-state index is 13.4. The fraction of sp³-hybridized carbons (Fsp3) is 0.0952. The number of pyridine rings is 3. The van der Waals surface area contributed by atoms with Gasteiger partial charge in [0.1, 0.15) is 16.6 Å². The number of fused-ring (bicyclic) bond motifs is 1. The SMILES string of the molecule is COc1cc(=O)c2cc(-c3cc(C)nc(Cl)c3)c(-c3ccc(F)cc3)nc2[nH]1. The maximum atomic E-state index is 13.4. The molecule has 0 saturated heterocycles. The van der Waals surface area contributed by atoms with Crippen molar-refractivity contribution >= 4 is 22.6 Å². The fourth-order valence-electron chi connectivity index (χ4n) is 3.09. The van der Waals surface area contributed by atoms with E-state index >= 15 is 0 Å². The first kappa shape index (κ1) is 18.1. The van der Waals surface area contributed by atoms with Crippen LogP contribution in [0.5, 0.6) is 5.88 Å². The van der Waals surface area contributed by atoms with E-state index in [1.54, 1.807) is 24.3 Å². The third kappa shape index (κ3) is 3.34. The third-order valence-electron chi connectivity index (χ3n) is 4.36. The molecule has 0 saturated carbocycles. The summed E-state index contributed by atoms with van der Waals surface area (Å²) in [5, 5.41) is 0.746. The first-order valence-electron chi connectivity index (χ1n) is 8.47. The molecule has 1 N–H and O–H groups in total. The number of aromatic nitrogens is 3. The lowest BCUT2D eigenvalue weighted by Crippen LogP contribution is -2.06.